The molecule has 0 radical (unpaired) electrons. The number of aromatic nitrogens is 2. The highest BCUT2D eigenvalue weighted by atomic mass is 79.9. The summed E-state index contributed by atoms with van der Waals surface area (Å²) in [6.07, 6.45) is 5.42. The van der Waals surface area contributed by atoms with Crippen molar-refractivity contribution in [3.63, 3.8) is 0 Å². The predicted molar refractivity (Wildman–Crippen MR) is 88.2 cm³/mol. The minimum absolute atomic E-state index is 0.420. The average molecular weight is 370 g/mol. The van der Waals surface area contributed by atoms with Crippen molar-refractivity contribution in [2.24, 2.45) is 11.7 Å². The molecule has 114 valence electrons. The van der Waals surface area contributed by atoms with Crippen LogP contribution in [0.15, 0.2) is 14.4 Å². The third kappa shape index (κ3) is 2.94. The van der Waals surface area contributed by atoms with E-state index < -0.39 is 5.54 Å². The van der Waals surface area contributed by atoms with Gasteiger partial charge in [0.05, 0.1) is 14.2 Å². The Hall–Kier alpha value is -0.720. The van der Waals surface area contributed by atoms with Crippen molar-refractivity contribution in [2.75, 3.05) is 0 Å². The fraction of sp³-hybridized carbons (Fsp3) is 0.600. The molecule has 3 rings (SSSR count). The van der Waals surface area contributed by atoms with Gasteiger partial charge in [-0.1, -0.05) is 18.5 Å². The smallest absolute Gasteiger partial charge is 0.268 e. The lowest BCUT2D eigenvalue weighted by molar-refractivity contribution is 0.216. The lowest BCUT2D eigenvalue weighted by atomic mass is 9.76. The van der Waals surface area contributed by atoms with E-state index >= 15 is 0 Å². The molecule has 0 spiro atoms. The molecular formula is C15H20BrN3OS. The van der Waals surface area contributed by atoms with Gasteiger partial charge in [0.2, 0.25) is 0 Å². The molecule has 0 aliphatic heterocycles. The number of rotatable bonds is 3. The standard InChI is InChI=1S/C15H20BrN3OS/c1-3-10-4-6-15(17,7-5-10)14-18-13(20-19-14)11-8-9(2)12(16)21-11/h8,10H,3-7,17H2,1-2H3. The topological polar surface area (TPSA) is 64.9 Å². The van der Waals surface area contributed by atoms with E-state index in [0.29, 0.717) is 11.7 Å². The van der Waals surface area contributed by atoms with Crippen LogP contribution in [0.1, 0.15) is 50.4 Å². The van der Waals surface area contributed by atoms with Crippen molar-refractivity contribution in [2.45, 2.75) is 51.5 Å². The van der Waals surface area contributed by atoms with E-state index in [-0.39, 0.29) is 0 Å². The SMILES string of the molecule is CCC1CCC(N)(c2noc(-c3cc(C)c(Br)s3)n2)CC1. The Bertz CT molecular complexity index is 609. The number of aryl methyl sites for hydroxylation is 1. The van der Waals surface area contributed by atoms with Crippen LogP contribution in [-0.2, 0) is 5.54 Å². The number of nitrogens with zero attached hydrogens (tertiary/aromatic N) is 2. The van der Waals surface area contributed by atoms with Gasteiger partial charge in [-0.15, -0.1) is 11.3 Å². The van der Waals surface area contributed by atoms with Crippen LogP contribution in [0.3, 0.4) is 0 Å². The van der Waals surface area contributed by atoms with Crippen molar-refractivity contribution in [1.82, 2.24) is 10.1 Å². The summed E-state index contributed by atoms with van der Waals surface area (Å²) >= 11 is 5.14. The van der Waals surface area contributed by atoms with Crippen molar-refractivity contribution in [3.05, 3.63) is 21.2 Å². The Balaban J connectivity index is 1.81. The molecule has 1 fully saturated rings. The first kappa shape index (κ1) is 15.2. The average Bonchev–Trinajstić information content (AvgIpc) is 3.08. The molecule has 0 unspecified atom stereocenters. The monoisotopic (exact) mass is 369 g/mol. The van der Waals surface area contributed by atoms with Gasteiger partial charge < -0.3 is 10.3 Å². The van der Waals surface area contributed by atoms with Crippen LogP contribution >= 0.6 is 27.3 Å². The van der Waals surface area contributed by atoms with Crippen LogP contribution in [-0.4, -0.2) is 10.1 Å². The minimum atomic E-state index is -0.420. The normalized spacial score (nSPS) is 26.2. The Morgan fingerprint density at radius 2 is 2.19 bits per heavy atom. The summed E-state index contributed by atoms with van der Waals surface area (Å²) in [5.41, 5.74) is 7.29. The molecule has 1 aliphatic rings. The second-order valence-corrected chi connectivity index (χ2v) is 8.37. The second kappa shape index (κ2) is 5.82. The summed E-state index contributed by atoms with van der Waals surface area (Å²) in [6, 6.07) is 2.06. The van der Waals surface area contributed by atoms with Gasteiger partial charge in [0.15, 0.2) is 5.82 Å². The molecule has 0 amide bonds. The van der Waals surface area contributed by atoms with Gasteiger partial charge in [-0.2, -0.15) is 4.98 Å². The van der Waals surface area contributed by atoms with Crippen molar-refractivity contribution in [3.8, 4) is 10.8 Å². The Morgan fingerprint density at radius 3 is 2.76 bits per heavy atom. The molecule has 0 bridgehead atoms. The van der Waals surface area contributed by atoms with Gasteiger partial charge in [0, 0.05) is 0 Å². The molecule has 21 heavy (non-hydrogen) atoms. The summed E-state index contributed by atoms with van der Waals surface area (Å²) in [7, 11) is 0. The van der Waals surface area contributed by atoms with E-state index in [1.165, 1.54) is 12.0 Å². The maximum Gasteiger partial charge on any atom is 0.268 e. The lowest BCUT2D eigenvalue weighted by Gasteiger charge is -2.34. The van der Waals surface area contributed by atoms with Crippen LogP contribution in [0.5, 0.6) is 0 Å². The van der Waals surface area contributed by atoms with E-state index in [4.69, 9.17) is 10.3 Å². The molecule has 2 aromatic heterocycles. The molecule has 6 heteroatoms. The van der Waals surface area contributed by atoms with Crippen molar-refractivity contribution >= 4 is 27.3 Å². The Labute approximate surface area is 137 Å². The summed E-state index contributed by atoms with van der Waals surface area (Å²) in [5, 5.41) is 4.16. The number of thiophene rings is 1. The first-order chi connectivity index (χ1) is 10.0. The van der Waals surface area contributed by atoms with Crippen molar-refractivity contribution in [1.29, 1.82) is 0 Å². The fourth-order valence-electron chi connectivity index (χ4n) is 2.92. The summed E-state index contributed by atoms with van der Waals surface area (Å²) in [5.74, 6) is 2.03. The van der Waals surface area contributed by atoms with E-state index in [2.05, 4.69) is 46.0 Å². The molecule has 2 heterocycles. The van der Waals surface area contributed by atoms with Gasteiger partial charge in [-0.05, 0) is 66.1 Å². The molecule has 4 nitrogen and oxygen atoms in total. The highest BCUT2D eigenvalue weighted by molar-refractivity contribution is 9.11. The van der Waals surface area contributed by atoms with Gasteiger partial charge in [0.1, 0.15) is 0 Å². The van der Waals surface area contributed by atoms with Crippen LogP contribution in [0.25, 0.3) is 10.8 Å². The van der Waals surface area contributed by atoms with Gasteiger partial charge in [-0.25, -0.2) is 0 Å². The number of halogens is 1. The first-order valence-electron chi connectivity index (χ1n) is 7.41. The highest BCUT2D eigenvalue weighted by Gasteiger charge is 2.37. The number of hydrogen-bond donors (Lipinski definition) is 1. The predicted octanol–water partition coefficient (Wildman–Crippen LogP) is 4.62. The van der Waals surface area contributed by atoms with Gasteiger partial charge >= 0.3 is 0 Å². The lowest BCUT2D eigenvalue weighted by Crippen LogP contribution is -2.41. The zero-order valence-corrected chi connectivity index (χ0v) is 14.8. The Kier molecular flexibility index (Phi) is 4.21. The zero-order valence-electron chi connectivity index (χ0n) is 12.4. The van der Waals surface area contributed by atoms with Crippen molar-refractivity contribution < 1.29 is 4.52 Å². The van der Waals surface area contributed by atoms with Crippen LogP contribution in [0, 0.1) is 12.8 Å². The van der Waals surface area contributed by atoms with E-state index in [0.717, 1.165) is 40.3 Å². The van der Waals surface area contributed by atoms with Gasteiger partial charge in [0.25, 0.3) is 5.89 Å². The molecule has 0 atom stereocenters. The quantitative estimate of drug-likeness (QED) is 0.856. The number of hydrogen-bond acceptors (Lipinski definition) is 5. The molecule has 0 aromatic carbocycles. The summed E-state index contributed by atoms with van der Waals surface area (Å²) in [4.78, 5) is 5.56. The molecule has 0 saturated heterocycles. The molecule has 2 N–H and O–H groups in total. The van der Waals surface area contributed by atoms with Crippen LogP contribution < -0.4 is 5.73 Å². The maximum atomic E-state index is 6.53. The third-order valence-corrected chi connectivity index (χ3v) is 6.64. The molecular weight excluding hydrogens is 350 g/mol. The second-order valence-electron chi connectivity index (χ2n) is 6.00. The van der Waals surface area contributed by atoms with Gasteiger partial charge in [-0.3, -0.25) is 0 Å². The molecule has 1 aliphatic carbocycles. The van der Waals surface area contributed by atoms with Crippen LogP contribution in [0.4, 0.5) is 0 Å². The largest absolute Gasteiger partial charge is 0.333 e. The molecule has 2 aromatic rings. The third-order valence-electron chi connectivity index (χ3n) is 4.51. The maximum absolute atomic E-state index is 6.53. The summed E-state index contributed by atoms with van der Waals surface area (Å²) in [6.45, 7) is 4.30. The minimum Gasteiger partial charge on any atom is -0.333 e. The Morgan fingerprint density at radius 1 is 1.48 bits per heavy atom. The van der Waals surface area contributed by atoms with E-state index in [1.54, 1.807) is 11.3 Å². The van der Waals surface area contributed by atoms with Crippen LogP contribution in [0.2, 0.25) is 0 Å². The zero-order chi connectivity index (χ0) is 15.0. The first-order valence-corrected chi connectivity index (χ1v) is 9.02. The van der Waals surface area contributed by atoms with E-state index in [1.807, 2.05) is 0 Å². The fourth-order valence-corrected chi connectivity index (χ4v) is 4.37. The molecule has 1 saturated carbocycles. The number of nitrogens with two attached hydrogens (primary N) is 1. The highest BCUT2D eigenvalue weighted by Crippen LogP contribution is 2.39. The van der Waals surface area contributed by atoms with E-state index in [9.17, 15) is 0 Å². The summed E-state index contributed by atoms with van der Waals surface area (Å²) < 4.78 is 6.54.